The first-order valence-electron chi connectivity index (χ1n) is 7.26. The van der Waals surface area contributed by atoms with Crippen LogP contribution in [0.4, 0.5) is 0 Å². The lowest BCUT2D eigenvalue weighted by molar-refractivity contribution is -0.136. The average Bonchev–Trinajstić information content (AvgIpc) is 2.47. The second-order valence-electron chi connectivity index (χ2n) is 5.33. The molecule has 0 saturated carbocycles. The fourth-order valence-corrected chi connectivity index (χ4v) is 2.17. The molecule has 2 N–H and O–H groups in total. The van der Waals surface area contributed by atoms with Crippen LogP contribution in [-0.2, 0) is 16.1 Å². The van der Waals surface area contributed by atoms with E-state index in [4.69, 9.17) is 4.74 Å². The lowest BCUT2D eigenvalue weighted by Gasteiger charge is -2.29. The number of hydrogen-bond acceptors (Lipinski definition) is 4. The minimum atomic E-state index is -0.319. The summed E-state index contributed by atoms with van der Waals surface area (Å²) in [6.45, 7) is 5.08. The summed E-state index contributed by atoms with van der Waals surface area (Å²) < 4.78 is 5.00. The molecule has 0 aliphatic heterocycles. The van der Waals surface area contributed by atoms with Crippen LogP contribution in [0.25, 0.3) is 0 Å². The van der Waals surface area contributed by atoms with Crippen molar-refractivity contribution in [2.45, 2.75) is 26.4 Å². The molecular weight excluding hydrogens is 268 g/mol. The van der Waals surface area contributed by atoms with Gasteiger partial charge in [0, 0.05) is 20.2 Å². The van der Waals surface area contributed by atoms with Gasteiger partial charge in [-0.25, -0.2) is 0 Å². The third-order valence-corrected chi connectivity index (χ3v) is 3.28. The number of carbonyl (C=O) groups excluding carboxylic acids is 1. The Hall–Kier alpha value is -1.43. The summed E-state index contributed by atoms with van der Waals surface area (Å²) in [4.78, 5) is 14.4. The molecule has 5 heteroatoms. The van der Waals surface area contributed by atoms with Gasteiger partial charge in [0.1, 0.15) is 0 Å². The van der Waals surface area contributed by atoms with Crippen molar-refractivity contribution >= 4 is 5.91 Å². The first-order chi connectivity index (χ1) is 10.1. The van der Waals surface area contributed by atoms with E-state index in [1.807, 2.05) is 44.2 Å². The molecule has 0 aliphatic rings. The Bertz CT molecular complexity index is 409. The third kappa shape index (κ3) is 5.83. The molecular formula is C16H26N2O3. The summed E-state index contributed by atoms with van der Waals surface area (Å²) in [5.74, 6) is 0.129. The molecule has 1 rings (SSSR count). The normalized spacial score (nSPS) is 12.4. The van der Waals surface area contributed by atoms with Gasteiger partial charge in [-0.3, -0.25) is 10.1 Å². The highest BCUT2D eigenvalue weighted by Gasteiger charge is 2.26. The number of carbonyl (C=O) groups is 1. The lowest BCUT2D eigenvalue weighted by Crippen LogP contribution is -2.50. The Morgan fingerprint density at radius 3 is 2.52 bits per heavy atom. The molecule has 21 heavy (non-hydrogen) atoms. The zero-order valence-electron chi connectivity index (χ0n) is 13.1. The van der Waals surface area contributed by atoms with Crippen LogP contribution in [0.1, 0.15) is 19.4 Å². The number of benzene rings is 1. The molecule has 0 fully saturated rings. The van der Waals surface area contributed by atoms with Crippen molar-refractivity contribution in [3.63, 3.8) is 0 Å². The Morgan fingerprint density at radius 2 is 2.00 bits per heavy atom. The maximum atomic E-state index is 12.7. The van der Waals surface area contributed by atoms with Gasteiger partial charge in [-0.15, -0.1) is 0 Å². The summed E-state index contributed by atoms with van der Waals surface area (Å²) in [7, 11) is 1.59. The van der Waals surface area contributed by atoms with E-state index in [-0.39, 0.29) is 24.5 Å². The van der Waals surface area contributed by atoms with Crippen molar-refractivity contribution in [1.29, 1.82) is 0 Å². The highest BCUT2D eigenvalue weighted by molar-refractivity contribution is 5.82. The smallest absolute Gasteiger partial charge is 0.240 e. The number of ether oxygens (including phenoxy) is 1. The van der Waals surface area contributed by atoms with Crippen molar-refractivity contribution in [3.05, 3.63) is 35.9 Å². The van der Waals surface area contributed by atoms with E-state index < -0.39 is 0 Å². The maximum absolute atomic E-state index is 12.7. The molecule has 0 unspecified atom stereocenters. The van der Waals surface area contributed by atoms with E-state index in [9.17, 15) is 9.90 Å². The number of aliphatic hydroxyl groups excluding tert-OH is 1. The van der Waals surface area contributed by atoms with E-state index in [1.54, 1.807) is 12.0 Å². The number of aliphatic hydroxyl groups is 1. The van der Waals surface area contributed by atoms with Crippen LogP contribution in [0, 0.1) is 5.92 Å². The molecule has 5 nitrogen and oxygen atoms in total. The number of rotatable bonds is 9. The minimum Gasteiger partial charge on any atom is -0.395 e. The van der Waals surface area contributed by atoms with Gasteiger partial charge >= 0.3 is 0 Å². The van der Waals surface area contributed by atoms with E-state index in [2.05, 4.69) is 5.32 Å². The number of nitrogens with one attached hydrogen (secondary N) is 1. The van der Waals surface area contributed by atoms with E-state index in [1.165, 1.54) is 0 Å². The highest BCUT2D eigenvalue weighted by Crippen LogP contribution is 2.10. The van der Waals surface area contributed by atoms with E-state index in [0.717, 1.165) is 5.56 Å². The van der Waals surface area contributed by atoms with Crippen LogP contribution in [-0.4, -0.2) is 48.9 Å². The van der Waals surface area contributed by atoms with Crippen LogP contribution in [0.15, 0.2) is 30.3 Å². The Kier molecular flexibility index (Phi) is 7.97. The fraction of sp³-hybridized carbons (Fsp3) is 0.562. The van der Waals surface area contributed by atoms with Gasteiger partial charge in [0.05, 0.1) is 19.4 Å². The first-order valence-corrected chi connectivity index (χ1v) is 7.26. The average molecular weight is 294 g/mol. The van der Waals surface area contributed by atoms with Gasteiger partial charge in [-0.1, -0.05) is 44.2 Å². The molecule has 1 aromatic carbocycles. The lowest BCUT2D eigenvalue weighted by atomic mass is 10.0. The van der Waals surface area contributed by atoms with Gasteiger partial charge in [0.15, 0.2) is 0 Å². The SMILES string of the molecule is COCN[C@@H](C(=O)N(CCO)Cc1ccccc1)C(C)C. The summed E-state index contributed by atoms with van der Waals surface area (Å²) >= 11 is 0. The zero-order valence-corrected chi connectivity index (χ0v) is 13.1. The van der Waals surface area contributed by atoms with Crippen LogP contribution >= 0.6 is 0 Å². The van der Waals surface area contributed by atoms with Crippen LogP contribution in [0.5, 0.6) is 0 Å². The van der Waals surface area contributed by atoms with Gasteiger partial charge in [0.25, 0.3) is 0 Å². The van der Waals surface area contributed by atoms with Crippen molar-refractivity contribution < 1.29 is 14.6 Å². The molecule has 0 bridgehead atoms. The maximum Gasteiger partial charge on any atom is 0.240 e. The molecule has 0 aliphatic carbocycles. The zero-order chi connectivity index (χ0) is 15.7. The van der Waals surface area contributed by atoms with Crippen LogP contribution in [0.2, 0.25) is 0 Å². The number of amides is 1. The van der Waals surface area contributed by atoms with Gasteiger partial charge < -0.3 is 14.7 Å². The Balaban J connectivity index is 2.79. The van der Waals surface area contributed by atoms with E-state index in [0.29, 0.717) is 19.8 Å². The molecule has 0 aromatic heterocycles. The van der Waals surface area contributed by atoms with Gasteiger partial charge in [-0.05, 0) is 11.5 Å². The van der Waals surface area contributed by atoms with Crippen LogP contribution in [0.3, 0.4) is 0 Å². The quantitative estimate of drug-likeness (QED) is 0.672. The summed E-state index contributed by atoms with van der Waals surface area (Å²) in [5.41, 5.74) is 1.05. The number of hydrogen-bond donors (Lipinski definition) is 2. The minimum absolute atomic E-state index is 0.0139. The molecule has 0 saturated heterocycles. The molecule has 0 heterocycles. The monoisotopic (exact) mass is 294 g/mol. The first kappa shape index (κ1) is 17.6. The Morgan fingerprint density at radius 1 is 1.33 bits per heavy atom. The number of methoxy groups -OCH3 is 1. The topological polar surface area (TPSA) is 61.8 Å². The summed E-state index contributed by atoms with van der Waals surface area (Å²) in [6.07, 6.45) is 0. The van der Waals surface area contributed by atoms with Gasteiger partial charge in [0.2, 0.25) is 5.91 Å². The predicted octanol–water partition coefficient (Wildman–Crippen LogP) is 1.23. The third-order valence-electron chi connectivity index (χ3n) is 3.28. The Labute approximate surface area is 126 Å². The molecule has 0 radical (unpaired) electrons. The van der Waals surface area contributed by atoms with Gasteiger partial charge in [-0.2, -0.15) is 0 Å². The van der Waals surface area contributed by atoms with Crippen LogP contribution < -0.4 is 5.32 Å². The molecule has 0 spiro atoms. The second-order valence-corrected chi connectivity index (χ2v) is 5.33. The summed E-state index contributed by atoms with van der Waals surface area (Å²) in [5, 5.41) is 12.3. The largest absolute Gasteiger partial charge is 0.395 e. The van der Waals surface area contributed by atoms with Crippen molar-refractivity contribution in [1.82, 2.24) is 10.2 Å². The van der Waals surface area contributed by atoms with E-state index >= 15 is 0 Å². The van der Waals surface area contributed by atoms with Crippen molar-refractivity contribution in [3.8, 4) is 0 Å². The molecule has 1 amide bonds. The summed E-state index contributed by atoms with van der Waals surface area (Å²) in [6, 6.07) is 9.47. The number of nitrogens with zero attached hydrogens (tertiary/aromatic N) is 1. The molecule has 1 aromatic rings. The van der Waals surface area contributed by atoms with Crippen molar-refractivity contribution in [2.24, 2.45) is 5.92 Å². The molecule has 118 valence electrons. The second kappa shape index (κ2) is 9.50. The predicted molar refractivity (Wildman–Crippen MR) is 82.6 cm³/mol. The highest BCUT2D eigenvalue weighted by atomic mass is 16.5. The fourth-order valence-electron chi connectivity index (χ4n) is 2.17. The van der Waals surface area contributed by atoms with Crippen molar-refractivity contribution in [2.75, 3.05) is 27.0 Å². The standard InChI is InChI=1S/C16H26N2O3/c1-13(2)15(17-12-21-3)16(20)18(9-10-19)11-14-7-5-4-6-8-14/h4-8,13,15,17,19H,9-12H2,1-3H3/t15-/m1/s1. The molecule has 1 atom stereocenters.